The standard InChI is InChI=1S/C21H20N2O4S/c24-28(25,19-6-7-20-21(13-19)27-15-26-20)23-14-18(17-4-2-1-3-5-17)12-16-8-10-22-11-9-16/h1-11,13,18,23H,12,14-15H2. The molecule has 0 saturated heterocycles. The van der Waals surface area contributed by atoms with Crippen LogP contribution in [0.5, 0.6) is 11.5 Å². The van der Waals surface area contributed by atoms with Crippen molar-refractivity contribution >= 4 is 10.0 Å². The Bertz CT molecular complexity index is 1040. The van der Waals surface area contributed by atoms with Gasteiger partial charge in [0.15, 0.2) is 11.5 Å². The molecular weight excluding hydrogens is 376 g/mol. The largest absolute Gasteiger partial charge is 0.454 e. The Morgan fingerprint density at radius 1 is 0.964 bits per heavy atom. The van der Waals surface area contributed by atoms with Crippen molar-refractivity contribution in [1.82, 2.24) is 9.71 Å². The molecule has 1 aliphatic heterocycles. The molecule has 2 aromatic carbocycles. The minimum Gasteiger partial charge on any atom is -0.454 e. The van der Waals surface area contributed by atoms with E-state index in [2.05, 4.69) is 9.71 Å². The number of aromatic nitrogens is 1. The number of pyridine rings is 1. The molecule has 0 saturated carbocycles. The van der Waals surface area contributed by atoms with Crippen molar-refractivity contribution < 1.29 is 17.9 Å². The maximum absolute atomic E-state index is 12.8. The van der Waals surface area contributed by atoms with E-state index < -0.39 is 10.0 Å². The summed E-state index contributed by atoms with van der Waals surface area (Å²) < 4.78 is 38.9. The minimum atomic E-state index is -3.68. The molecule has 1 aliphatic rings. The number of benzene rings is 2. The van der Waals surface area contributed by atoms with Gasteiger partial charge in [0.05, 0.1) is 4.90 Å². The smallest absolute Gasteiger partial charge is 0.240 e. The zero-order valence-electron chi connectivity index (χ0n) is 15.1. The van der Waals surface area contributed by atoms with Gasteiger partial charge >= 0.3 is 0 Å². The highest BCUT2D eigenvalue weighted by Gasteiger charge is 2.22. The second-order valence-electron chi connectivity index (χ2n) is 6.53. The van der Waals surface area contributed by atoms with Crippen molar-refractivity contribution in [3.05, 3.63) is 84.2 Å². The van der Waals surface area contributed by atoms with Crippen molar-refractivity contribution in [1.29, 1.82) is 0 Å². The van der Waals surface area contributed by atoms with Crippen LogP contribution in [0.1, 0.15) is 17.0 Å². The summed E-state index contributed by atoms with van der Waals surface area (Å²) in [6.07, 6.45) is 4.19. The first kappa shape index (κ1) is 18.5. The first-order chi connectivity index (χ1) is 13.6. The van der Waals surface area contributed by atoms with E-state index in [0.29, 0.717) is 17.9 Å². The molecule has 28 heavy (non-hydrogen) atoms. The Hall–Kier alpha value is -2.90. The van der Waals surface area contributed by atoms with Crippen LogP contribution in [-0.2, 0) is 16.4 Å². The first-order valence-corrected chi connectivity index (χ1v) is 10.4. The molecule has 3 aromatic rings. The number of ether oxygens (including phenoxy) is 2. The van der Waals surface area contributed by atoms with Crippen LogP contribution >= 0.6 is 0 Å². The molecule has 0 fully saturated rings. The van der Waals surface area contributed by atoms with E-state index in [1.807, 2.05) is 42.5 Å². The zero-order valence-corrected chi connectivity index (χ0v) is 15.9. The molecular formula is C21H20N2O4S. The molecule has 1 aromatic heterocycles. The van der Waals surface area contributed by atoms with Crippen LogP contribution in [0.4, 0.5) is 0 Å². The minimum absolute atomic E-state index is 0.00705. The molecule has 0 aliphatic carbocycles. The van der Waals surface area contributed by atoms with Crippen LogP contribution in [0.25, 0.3) is 0 Å². The fraction of sp³-hybridized carbons (Fsp3) is 0.190. The average Bonchev–Trinajstić information content (AvgIpc) is 3.20. The number of sulfonamides is 1. The van der Waals surface area contributed by atoms with Gasteiger partial charge in [-0.1, -0.05) is 30.3 Å². The third-order valence-electron chi connectivity index (χ3n) is 4.68. The lowest BCUT2D eigenvalue weighted by Crippen LogP contribution is -2.29. The van der Waals surface area contributed by atoms with E-state index >= 15 is 0 Å². The number of nitrogens with zero attached hydrogens (tertiary/aromatic N) is 1. The van der Waals surface area contributed by atoms with Crippen LogP contribution in [0, 0.1) is 0 Å². The monoisotopic (exact) mass is 396 g/mol. The van der Waals surface area contributed by atoms with E-state index in [1.54, 1.807) is 18.5 Å². The number of fused-ring (bicyclic) bond motifs is 1. The van der Waals surface area contributed by atoms with E-state index in [4.69, 9.17) is 9.47 Å². The molecule has 6 nitrogen and oxygen atoms in total. The summed E-state index contributed by atoms with van der Waals surface area (Å²) in [5.41, 5.74) is 2.18. The molecule has 0 bridgehead atoms. The fourth-order valence-corrected chi connectivity index (χ4v) is 4.27. The molecule has 4 rings (SSSR count). The average molecular weight is 396 g/mol. The lowest BCUT2D eigenvalue weighted by atomic mass is 9.92. The van der Waals surface area contributed by atoms with Gasteiger partial charge in [-0.25, -0.2) is 13.1 Å². The third-order valence-corrected chi connectivity index (χ3v) is 6.10. The van der Waals surface area contributed by atoms with Gasteiger partial charge in [0, 0.05) is 30.9 Å². The van der Waals surface area contributed by atoms with Crippen LogP contribution < -0.4 is 14.2 Å². The molecule has 1 N–H and O–H groups in total. The Morgan fingerprint density at radius 2 is 1.71 bits per heavy atom. The van der Waals surface area contributed by atoms with Crippen molar-refractivity contribution in [3.8, 4) is 11.5 Å². The molecule has 0 amide bonds. The van der Waals surface area contributed by atoms with Crippen molar-refractivity contribution in [3.63, 3.8) is 0 Å². The second-order valence-corrected chi connectivity index (χ2v) is 8.30. The molecule has 7 heteroatoms. The van der Waals surface area contributed by atoms with E-state index in [1.165, 1.54) is 12.1 Å². The summed E-state index contributed by atoms with van der Waals surface area (Å²) in [5.74, 6) is 0.991. The Balaban J connectivity index is 1.53. The van der Waals surface area contributed by atoms with Gasteiger partial charge in [-0.2, -0.15) is 0 Å². The van der Waals surface area contributed by atoms with Crippen molar-refractivity contribution in [2.75, 3.05) is 13.3 Å². The van der Waals surface area contributed by atoms with Crippen molar-refractivity contribution in [2.24, 2.45) is 0 Å². The summed E-state index contributed by atoms with van der Waals surface area (Å²) in [4.78, 5) is 4.20. The van der Waals surface area contributed by atoms with Crippen LogP contribution in [0.2, 0.25) is 0 Å². The van der Waals surface area contributed by atoms with Gasteiger partial charge in [0.2, 0.25) is 16.8 Å². The predicted octanol–water partition coefficient (Wildman–Crippen LogP) is 3.12. The van der Waals surface area contributed by atoms with Crippen LogP contribution in [0.3, 0.4) is 0 Å². The number of hydrogen-bond donors (Lipinski definition) is 1. The Morgan fingerprint density at radius 3 is 2.50 bits per heavy atom. The predicted molar refractivity (Wildman–Crippen MR) is 105 cm³/mol. The van der Waals surface area contributed by atoms with Crippen molar-refractivity contribution in [2.45, 2.75) is 17.2 Å². The van der Waals surface area contributed by atoms with Gasteiger partial charge in [-0.15, -0.1) is 0 Å². The first-order valence-electron chi connectivity index (χ1n) is 8.95. The lowest BCUT2D eigenvalue weighted by Gasteiger charge is -2.18. The van der Waals surface area contributed by atoms with E-state index in [0.717, 1.165) is 11.1 Å². The van der Waals surface area contributed by atoms with Gasteiger partial charge in [-0.05, 0) is 41.8 Å². The highest BCUT2D eigenvalue weighted by atomic mass is 32.2. The molecule has 1 atom stereocenters. The normalized spacial score (nSPS) is 14.0. The number of nitrogens with one attached hydrogen (secondary N) is 1. The van der Waals surface area contributed by atoms with Gasteiger partial charge < -0.3 is 9.47 Å². The Kier molecular flexibility index (Phi) is 5.27. The van der Waals surface area contributed by atoms with Gasteiger partial charge in [0.1, 0.15) is 0 Å². The fourth-order valence-electron chi connectivity index (χ4n) is 3.17. The quantitative estimate of drug-likeness (QED) is 0.664. The van der Waals surface area contributed by atoms with E-state index in [9.17, 15) is 8.42 Å². The summed E-state index contributed by atoms with van der Waals surface area (Å²) in [6, 6.07) is 18.4. The molecule has 0 radical (unpaired) electrons. The highest BCUT2D eigenvalue weighted by Crippen LogP contribution is 2.33. The molecule has 1 unspecified atom stereocenters. The zero-order chi connectivity index (χ0) is 19.4. The topological polar surface area (TPSA) is 77.5 Å². The summed E-state index contributed by atoms with van der Waals surface area (Å²) in [7, 11) is -3.68. The third kappa shape index (κ3) is 4.16. The van der Waals surface area contributed by atoms with E-state index in [-0.39, 0.29) is 24.2 Å². The van der Waals surface area contributed by atoms with Crippen LogP contribution in [-0.4, -0.2) is 26.7 Å². The second kappa shape index (κ2) is 8.00. The van der Waals surface area contributed by atoms with Gasteiger partial charge in [0.25, 0.3) is 0 Å². The Labute approximate surface area is 164 Å². The number of rotatable bonds is 7. The summed E-state index contributed by atoms with van der Waals surface area (Å²) in [6.45, 7) is 0.386. The molecule has 144 valence electrons. The lowest BCUT2D eigenvalue weighted by molar-refractivity contribution is 0.174. The molecule has 0 spiro atoms. The van der Waals surface area contributed by atoms with Gasteiger partial charge in [-0.3, -0.25) is 4.98 Å². The number of hydrogen-bond acceptors (Lipinski definition) is 5. The maximum atomic E-state index is 12.8. The maximum Gasteiger partial charge on any atom is 0.240 e. The SMILES string of the molecule is O=S(=O)(NCC(Cc1ccncc1)c1ccccc1)c1ccc2c(c1)OCO2. The molecule has 2 heterocycles. The van der Waals surface area contributed by atoms with Crippen LogP contribution in [0.15, 0.2) is 78.0 Å². The highest BCUT2D eigenvalue weighted by molar-refractivity contribution is 7.89. The summed E-state index contributed by atoms with van der Waals surface area (Å²) in [5, 5.41) is 0. The summed E-state index contributed by atoms with van der Waals surface area (Å²) >= 11 is 0.